The van der Waals surface area contributed by atoms with Gasteiger partial charge < -0.3 is 10.7 Å². The highest BCUT2D eigenvalue weighted by Gasteiger charge is 2.09. The van der Waals surface area contributed by atoms with Gasteiger partial charge in [-0.15, -0.1) is 0 Å². The Morgan fingerprint density at radius 2 is 2.17 bits per heavy atom. The third-order valence-electron chi connectivity index (χ3n) is 3.00. The van der Waals surface area contributed by atoms with Crippen molar-refractivity contribution in [3.8, 4) is 11.3 Å². The number of halogens is 1. The van der Waals surface area contributed by atoms with Gasteiger partial charge >= 0.3 is 0 Å². The first-order valence-electron chi connectivity index (χ1n) is 5.70. The highest BCUT2D eigenvalue weighted by molar-refractivity contribution is 6.35. The standard InChI is InChI=1S/C14H12ClN3/c15-12-3-1-2-10-11(8-18-14(10)12)13-6-9(7-16)4-5-17-13/h1-6,8,18H,7,16H2. The van der Waals surface area contributed by atoms with Gasteiger partial charge in [-0.25, -0.2) is 0 Å². The van der Waals surface area contributed by atoms with Crippen molar-refractivity contribution in [3.05, 3.63) is 53.3 Å². The Morgan fingerprint density at radius 1 is 1.28 bits per heavy atom. The number of fused-ring (bicyclic) bond motifs is 1. The van der Waals surface area contributed by atoms with Crippen molar-refractivity contribution in [1.29, 1.82) is 0 Å². The molecule has 3 N–H and O–H groups in total. The minimum atomic E-state index is 0.513. The lowest BCUT2D eigenvalue weighted by Crippen LogP contribution is -1.96. The lowest BCUT2D eigenvalue weighted by Gasteiger charge is -2.02. The van der Waals surface area contributed by atoms with E-state index < -0.39 is 0 Å². The fraction of sp³-hybridized carbons (Fsp3) is 0.0714. The van der Waals surface area contributed by atoms with E-state index in [1.165, 1.54) is 0 Å². The molecule has 0 spiro atoms. The van der Waals surface area contributed by atoms with Crippen LogP contribution in [0.3, 0.4) is 0 Å². The molecule has 0 atom stereocenters. The van der Waals surface area contributed by atoms with Crippen molar-refractivity contribution >= 4 is 22.5 Å². The minimum Gasteiger partial charge on any atom is -0.359 e. The molecule has 0 unspecified atom stereocenters. The van der Waals surface area contributed by atoms with E-state index in [4.69, 9.17) is 17.3 Å². The number of H-pyrrole nitrogens is 1. The van der Waals surface area contributed by atoms with Gasteiger partial charge in [0, 0.05) is 29.9 Å². The van der Waals surface area contributed by atoms with Crippen LogP contribution in [-0.2, 0) is 6.54 Å². The summed E-state index contributed by atoms with van der Waals surface area (Å²) in [6, 6.07) is 9.77. The van der Waals surface area contributed by atoms with E-state index in [2.05, 4.69) is 9.97 Å². The summed E-state index contributed by atoms with van der Waals surface area (Å²) in [5, 5.41) is 1.79. The van der Waals surface area contributed by atoms with Crippen molar-refractivity contribution < 1.29 is 0 Å². The van der Waals surface area contributed by atoms with Gasteiger partial charge in [0.15, 0.2) is 0 Å². The smallest absolute Gasteiger partial charge is 0.0726 e. The normalized spacial score (nSPS) is 11.0. The van der Waals surface area contributed by atoms with Crippen molar-refractivity contribution in [1.82, 2.24) is 9.97 Å². The molecule has 3 rings (SSSR count). The van der Waals surface area contributed by atoms with Crippen LogP contribution in [0.1, 0.15) is 5.56 Å². The van der Waals surface area contributed by atoms with Crippen molar-refractivity contribution in [2.45, 2.75) is 6.54 Å². The monoisotopic (exact) mass is 257 g/mol. The summed E-state index contributed by atoms with van der Waals surface area (Å²) in [6.45, 7) is 0.513. The Labute approximate surface area is 110 Å². The minimum absolute atomic E-state index is 0.513. The Morgan fingerprint density at radius 3 is 3.00 bits per heavy atom. The van der Waals surface area contributed by atoms with Gasteiger partial charge in [-0.1, -0.05) is 23.7 Å². The van der Waals surface area contributed by atoms with Gasteiger partial charge in [0.1, 0.15) is 0 Å². The molecule has 2 heterocycles. The van der Waals surface area contributed by atoms with E-state index in [0.29, 0.717) is 11.6 Å². The number of aromatic amines is 1. The third-order valence-corrected chi connectivity index (χ3v) is 3.32. The Bertz CT molecular complexity index is 703. The quantitative estimate of drug-likeness (QED) is 0.740. The van der Waals surface area contributed by atoms with Crippen molar-refractivity contribution in [2.24, 2.45) is 5.73 Å². The summed E-state index contributed by atoms with van der Waals surface area (Å²) in [6.07, 6.45) is 3.71. The highest BCUT2D eigenvalue weighted by atomic mass is 35.5. The number of rotatable bonds is 2. The molecule has 90 valence electrons. The zero-order valence-electron chi connectivity index (χ0n) is 9.65. The highest BCUT2D eigenvalue weighted by Crippen LogP contribution is 2.31. The van der Waals surface area contributed by atoms with Crippen LogP contribution in [0.15, 0.2) is 42.7 Å². The summed E-state index contributed by atoms with van der Waals surface area (Å²) in [5.74, 6) is 0. The van der Waals surface area contributed by atoms with Crippen LogP contribution in [0.4, 0.5) is 0 Å². The Hall–Kier alpha value is -1.84. The summed E-state index contributed by atoms with van der Waals surface area (Å²) in [5.41, 5.74) is 9.61. The summed E-state index contributed by atoms with van der Waals surface area (Å²) in [4.78, 5) is 7.58. The van der Waals surface area contributed by atoms with Crippen molar-refractivity contribution in [3.63, 3.8) is 0 Å². The Kier molecular flexibility index (Phi) is 2.78. The molecule has 3 aromatic rings. The summed E-state index contributed by atoms with van der Waals surface area (Å²) < 4.78 is 0. The average Bonchev–Trinajstić information content (AvgIpc) is 2.84. The van der Waals surface area contributed by atoms with Crippen LogP contribution in [0.5, 0.6) is 0 Å². The number of nitrogens with one attached hydrogen (secondary N) is 1. The second-order valence-electron chi connectivity index (χ2n) is 4.12. The lowest BCUT2D eigenvalue weighted by atomic mass is 10.1. The van der Waals surface area contributed by atoms with Crippen LogP contribution in [0, 0.1) is 0 Å². The second-order valence-corrected chi connectivity index (χ2v) is 4.53. The zero-order valence-corrected chi connectivity index (χ0v) is 10.4. The van der Waals surface area contributed by atoms with E-state index >= 15 is 0 Å². The maximum Gasteiger partial charge on any atom is 0.0726 e. The fourth-order valence-corrected chi connectivity index (χ4v) is 2.31. The first-order valence-corrected chi connectivity index (χ1v) is 6.08. The number of hydrogen-bond donors (Lipinski definition) is 2. The summed E-state index contributed by atoms with van der Waals surface area (Å²) in [7, 11) is 0. The molecule has 18 heavy (non-hydrogen) atoms. The number of nitrogens with zero attached hydrogens (tertiary/aromatic N) is 1. The van der Waals surface area contributed by atoms with Crippen LogP contribution in [0.25, 0.3) is 22.2 Å². The topological polar surface area (TPSA) is 54.7 Å². The second kappa shape index (κ2) is 4.44. The van der Waals surface area contributed by atoms with Crippen LogP contribution < -0.4 is 5.73 Å². The molecule has 0 aliphatic rings. The molecule has 0 fully saturated rings. The molecule has 4 heteroatoms. The number of para-hydroxylation sites is 1. The van der Waals surface area contributed by atoms with Crippen molar-refractivity contribution in [2.75, 3.05) is 0 Å². The van der Waals surface area contributed by atoms with Gasteiger partial charge in [0.05, 0.1) is 16.2 Å². The molecule has 0 saturated heterocycles. The largest absolute Gasteiger partial charge is 0.359 e. The maximum atomic E-state index is 6.14. The molecular weight excluding hydrogens is 246 g/mol. The fourth-order valence-electron chi connectivity index (χ4n) is 2.08. The number of hydrogen-bond acceptors (Lipinski definition) is 2. The van der Waals surface area contributed by atoms with Crippen LogP contribution >= 0.6 is 11.6 Å². The van der Waals surface area contributed by atoms with E-state index in [1.807, 2.05) is 36.5 Å². The average molecular weight is 258 g/mol. The van der Waals surface area contributed by atoms with Gasteiger partial charge in [-0.05, 0) is 23.8 Å². The molecule has 0 radical (unpaired) electrons. The van der Waals surface area contributed by atoms with Gasteiger partial charge in [0.2, 0.25) is 0 Å². The SMILES string of the molecule is NCc1ccnc(-c2c[nH]c3c(Cl)cccc23)c1. The molecule has 1 aromatic carbocycles. The molecule has 0 saturated carbocycles. The molecule has 0 bridgehead atoms. The van der Waals surface area contributed by atoms with E-state index in [9.17, 15) is 0 Å². The van der Waals surface area contributed by atoms with E-state index in [1.54, 1.807) is 6.20 Å². The molecule has 3 nitrogen and oxygen atoms in total. The van der Waals surface area contributed by atoms with Crippen LogP contribution in [0.2, 0.25) is 5.02 Å². The number of aromatic nitrogens is 2. The predicted molar refractivity (Wildman–Crippen MR) is 74.4 cm³/mol. The first-order chi connectivity index (χ1) is 8.79. The maximum absolute atomic E-state index is 6.14. The molecule has 0 aliphatic carbocycles. The molecule has 2 aromatic heterocycles. The molecule has 0 amide bonds. The number of pyridine rings is 1. The number of benzene rings is 1. The predicted octanol–water partition coefficient (Wildman–Crippen LogP) is 3.34. The van der Waals surface area contributed by atoms with Crippen LogP contribution in [-0.4, -0.2) is 9.97 Å². The van der Waals surface area contributed by atoms with E-state index in [0.717, 1.165) is 27.7 Å². The summed E-state index contributed by atoms with van der Waals surface area (Å²) >= 11 is 6.14. The van der Waals surface area contributed by atoms with Gasteiger partial charge in [-0.3, -0.25) is 4.98 Å². The zero-order chi connectivity index (χ0) is 12.5. The molecular formula is C14H12ClN3. The number of nitrogens with two attached hydrogens (primary N) is 1. The molecule has 0 aliphatic heterocycles. The first kappa shape index (κ1) is 11.3. The third kappa shape index (κ3) is 1.78. The van der Waals surface area contributed by atoms with Gasteiger partial charge in [-0.2, -0.15) is 0 Å². The lowest BCUT2D eigenvalue weighted by molar-refractivity contribution is 1.06. The van der Waals surface area contributed by atoms with E-state index in [-0.39, 0.29) is 0 Å². The Balaban J connectivity index is 2.22. The van der Waals surface area contributed by atoms with Gasteiger partial charge in [0.25, 0.3) is 0 Å².